The number of piperazine rings is 1. The zero-order valence-electron chi connectivity index (χ0n) is 16.2. The van der Waals surface area contributed by atoms with Gasteiger partial charge in [-0.2, -0.15) is 0 Å². The van der Waals surface area contributed by atoms with Crippen LogP contribution in [0.5, 0.6) is 0 Å². The Morgan fingerprint density at radius 2 is 1.41 bits per heavy atom. The fourth-order valence-corrected chi connectivity index (χ4v) is 3.70. The molecule has 6 heteroatoms. The van der Waals surface area contributed by atoms with Gasteiger partial charge in [0.05, 0.1) is 11.1 Å². The van der Waals surface area contributed by atoms with E-state index in [1.807, 2.05) is 18.2 Å². The van der Waals surface area contributed by atoms with Crippen LogP contribution in [-0.4, -0.2) is 71.7 Å². The number of carbonyl (C=O) groups excluding carboxylic acids is 3. The zero-order valence-corrected chi connectivity index (χ0v) is 16.2. The highest BCUT2D eigenvalue weighted by Gasteiger charge is 2.37. The maximum absolute atomic E-state index is 12.6. The van der Waals surface area contributed by atoms with Gasteiger partial charge < -0.3 is 4.90 Å². The van der Waals surface area contributed by atoms with E-state index >= 15 is 0 Å². The van der Waals surface area contributed by atoms with Crippen LogP contribution in [0.4, 0.5) is 0 Å². The highest BCUT2D eigenvalue weighted by Crippen LogP contribution is 2.22. The minimum Gasteiger partial charge on any atom is -0.339 e. The summed E-state index contributed by atoms with van der Waals surface area (Å²) in [6.45, 7) is 3.37. The summed E-state index contributed by atoms with van der Waals surface area (Å²) in [5.41, 5.74) is 1.92. The van der Waals surface area contributed by atoms with Crippen molar-refractivity contribution in [2.45, 2.75) is 0 Å². The Labute approximate surface area is 170 Å². The standard InChI is InChI=1S/C23H23N3O3/c27-21(17-26-22(28)19-10-4-5-11-20(19)23(26)29)25-15-13-24(14-16-25)12-6-9-18-7-2-1-3-8-18/h1-11H,12-17H2/b9-6+. The lowest BCUT2D eigenvalue weighted by Crippen LogP contribution is -2.51. The molecular formula is C23H23N3O3. The molecule has 0 unspecified atom stereocenters. The zero-order chi connectivity index (χ0) is 20.2. The van der Waals surface area contributed by atoms with Crippen LogP contribution in [0.2, 0.25) is 0 Å². The minimum atomic E-state index is -0.386. The summed E-state index contributed by atoms with van der Waals surface area (Å²) in [5, 5.41) is 0. The largest absolute Gasteiger partial charge is 0.339 e. The smallest absolute Gasteiger partial charge is 0.262 e. The van der Waals surface area contributed by atoms with Crippen LogP contribution in [0.25, 0.3) is 6.08 Å². The Kier molecular flexibility index (Phi) is 5.53. The van der Waals surface area contributed by atoms with E-state index in [9.17, 15) is 14.4 Å². The van der Waals surface area contributed by atoms with Gasteiger partial charge in [-0.05, 0) is 17.7 Å². The second-order valence-electron chi connectivity index (χ2n) is 7.24. The van der Waals surface area contributed by atoms with E-state index in [1.54, 1.807) is 29.2 Å². The first kappa shape index (κ1) is 19.1. The van der Waals surface area contributed by atoms with Crippen molar-refractivity contribution in [3.05, 3.63) is 77.4 Å². The highest BCUT2D eigenvalue weighted by atomic mass is 16.2. The van der Waals surface area contributed by atoms with E-state index < -0.39 is 0 Å². The molecule has 2 aromatic carbocycles. The van der Waals surface area contributed by atoms with Gasteiger partial charge in [0.2, 0.25) is 5.91 Å². The molecule has 29 heavy (non-hydrogen) atoms. The van der Waals surface area contributed by atoms with Crippen molar-refractivity contribution in [1.82, 2.24) is 14.7 Å². The predicted octanol–water partition coefficient (Wildman–Crippen LogP) is 2.14. The molecule has 0 bridgehead atoms. The Bertz CT molecular complexity index is 912. The molecule has 0 atom stereocenters. The molecule has 6 nitrogen and oxygen atoms in total. The molecule has 0 N–H and O–H groups in total. The second kappa shape index (κ2) is 8.41. The lowest BCUT2D eigenvalue weighted by molar-refractivity contribution is -0.133. The summed E-state index contributed by atoms with van der Waals surface area (Å²) in [7, 11) is 0. The summed E-state index contributed by atoms with van der Waals surface area (Å²) >= 11 is 0. The number of amides is 3. The van der Waals surface area contributed by atoms with Crippen LogP contribution in [0.1, 0.15) is 26.3 Å². The number of nitrogens with zero attached hydrogens (tertiary/aromatic N) is 3. The van der Waals surface area contributed by atoms with Crippen molar-refractivity contribution in [2.24, 2.45) is 0 Å². The molecule has 0 saturated carbocycles. The van der Waals surface area contributed by atoms with Crippen LogP contribution in [0.15, 0.2) is 60.7 Å². The average Bonchev–Trinajstić information content (AvgIpc) is 3.00. The van der Waals surface area contributed by atoms with Crippen molar-refractivity contribution in [3.63, 3.8) is 0 Å². The van der Waals surface area contributed by atoms with Gasteiger partial charge in [0.15, 0.2) is 0 Å². The van der Waals surface area contributed by atoms with Gasteiger partial charge in [0.1, 0.15) is 6.54 Å². The van der Waals surface area contributed by atoms with E-state index in [2.05, 4.69) is 29.2 Å². The first-order chi connectivity index (χ1) is 14.1. The molecular weight excluding hydrogens is 366 g/mol. The van der Waals surface area contributed by atoms with Crippen molar-refractivity contribution < 1.29 is 14.4 Å². The minimum absolute atomic E-state index is 0.181. The van der Waals surface area contributed by atoms with E-state index in [1.165, 1.54) is 5.56 Å². The van der Waals surface area contributed by atoms with Crippen LogP contribution < -0.4 is 0 Å². The van der Waals surface area contributed by atoms with Crippen molar-refractivity contribution in [1.29, 1.82) is 0 Å². The first-order valence-corrected chi connectivity index (χ1v) is 9.80. The molecule has 2 aliphatic rings. The number of hydrogen-bond acceptors (Lipinski definition) is 4. The van der Waals surface area contributed by atoms with Crippen molar-refractivity contribution in [2.75, 3.05) is 39.3 Å². The molecule has 0 aliphatic carbocycles. The third-order valence-electron chi connectivity index (χ3n) is 5.37. The van der Waals surface area contributed by atoms with E-state index in [-0.39, 0.29) is 24.3 Å². The monoisotopic (exact) mass is 389 g/mol. The van der Waals surface area contributed by atoms with E-state index in [0.29, 0.717) is 24.2 Å². The Morgan fingerprint density at radius 1 is 0.828 bits per heavy atom. The molecule has 0 spiro atoms. The highest BCUT2D eigenvalue weighted by molar-refractivity contribution is 6.22. The average molecular weight is 389 g/mol. The lowest BCUT2D eigenvalue weighted by Gasteiger charge is -2.34. The first-order valence-electron chi connectivity index (χ1n) is 9.80. The third-order valence-corrected chi connectivity index (χ3v) is 5.37. The van der Waals surface area contributed by atoms with Crippen LogP contribution in [-0.2, 0) is 4.79 Å². The van der Waals surface area contributed by atoms with Gasteiger partial charge in [-0.15, -0.1) is 0 Å². The number of carbonyl (C=O) groups is 3. The molecule has 2 aromatic rings. The Balaban J connectivity index is 1.27. The summed E-state index contributed by atoms with van der Waals surface area (Å²) < 4.78 is 0. The fourth-order valence-electron chi connectivity index (χ4n) is 3.70. The fraction of sp³-hybridized carbons (Fsp3) is 0.261. The number of benzene rings is 2. The molecule has 0 aromatic heterocycles. The number of imide groups is 1. The Morgan fingerprint density at radius 3 is 2.03 bits per heavy atom. The van der Waals surface area contributed by atoms with Crippen LogP contribution in [0, 0.1) is 0 Å². The van der Waals surface area contributed by atoms with Crippen molar-refractivity contribution in [3.8, 4) is 0 Å². The second-order valence-corrected chi connectivity index (χ2v) is 7.24. The van der Waals surface area contributed by atoms with Crippen LogP contribution in [0.3, 0.4) is 0 Å². The van der Waals surface area contributed by atoms with Gasteiger partial charge >= 0.3 is 0 Å². The molecule has 1 saturated heterocycles. The molecule has 1 fully saturated rings. The SMILES string of the molecule is O=C(CN1C(=O)c2ccccc2C1=O)N1CCN(C/C=C/c2ccccc2)CC1. The maximum atomic E-state index is 12.6. The maximum Gasteiger partial charge on any atom is 0.262 e. The van der Waals surface area contributed by atoms with E-state index in [0.717, 1.165) is 24.5 Å². The lowest BCUT2D eigenvalue weighted by atomic mass is 10.1. The number of rotatable bonds is 5. The molecule has 4 rings (SSSR count). The van der Waals surface area contributed by atoms with Gasteiger partial charge in [0.25, 0.3) is 11.8 Å². The quantitative estimate of drug-likeness (QED) is 0.735. The summed E-state index contributed by atoms with van der Waals surface area (Å²) in [6.07, 6.45) is 4.23. The summed E-state index contributed by atoms with van der Waals surface area (Å²) in [4.78, 5) is 42.6. The van der Waals surface area contributed by atoms with Gasteiger partial charge in [-0.25, -0.2) is 0 Å². The van der Waals surface area contributed by atoms with Gasteiger partial charge in [0, 0.05) is 32.7 Å². The molecule has 3 amide bonds. The third kappa shape index (κ3) is 4.12. The van der Waals surface area contributed by atoms with Gasteiger partial charge in [-0.1, -0.05) is 54.6 Å². The summed E-state index contributed by atoms with van der Waals surface area (Å²) in [5.74, 6) is -0.953. The van der Waals surface area contributed by atoms with Gasteiger partial charge in [-0.3, -0.25) is 24.2 Å². The predicted molar refractivity (Wildman–Crippen MR) is 110 cm³/mol. The topological polar surface area (TPSA) is 60.9 Å². The summed E-state index contributed by atoms with van der Waals surface area (Å²) in [6, 6.07) is 16.8. The van der Waals surface area contributed by atoms with E-state index in [4.69, 9.17) is 0 Å². The molecule has 0 radical (unpaired) electrons. The molecule has 2 heterocycles. The number of hydrogen-bond donors (Lipinski definition) is 0. The molecule has 2 aliphatic heterocycles. The molecule has 148 valence electrons. The normalized spacial score (nSPS) is 17.2. The van der Waals surface area contributed by atoms with Crippen LogP contribution >= 0.6 is 0 Å². The van der Waals surface area contributed by atoms with Crippen molar-refractivity contribution >= 4 is 23.8 Å². The number of fused-ring (bicyclic) bond motifs is 1. The Hall–Kier alpha value is -3.25.